The molecule has 32 heavy (non-hydrogen) atoms. The molecule has 0 saturated carbocycles. The van der Waals surface area contributed by atoms with Crippen molar-refractivity contribution in [3.63, 3.8) is 0 Å². The molecular formula is C25H28O7. The fourth-order valence-corrected chi connectivity index (χ4v) is 3.66. The van der Waals surface area contributed by atoms with E-state index in [2.05, 4.69) is 0 Å². The largest absolute Gasteiger partial charge is 0.507 e. The van der Waals surface area contributed by atoms with E-state index in [1.165, 1.54) is 0 Å². The highest BCUT2D eigenvalue weighted by molar-refractivity contribution is 6.04. The third-order valence-corrected chi connectivity index (χ3v) is 5.40. The predicted octanol–water partition coefficient (Wildman–Crippen LogP) is 4.94. The molecule has 2 aromatic carbocycles. The normalized spacial score (nSPS) is 15.0. The zero-order valence-corrected chi connectivity index (χ0v) is 18.6. The van der Waals surface area contributed by atoms with Crippen molar-refractivity contribution in [2.75, 3.05) is 0 Å². The Kier molecular flexibility index (Phi) is 6.39. The SMILES string of the molecule is CC(C)=CCc1c(O)c(CC=C(C)C)c2c(c1O)C(=O)CC(c1cc(O)c(O)cc1O)O2. The first-order chi connectivity index (χ1) is 15.0. The summed E-state index contributed by atoms with van der Waals surface area (Å²) in [6.45, 7) is 7.60. The lowest BCUT2D eigenvalue weighted by Crippen LogP contribution is -2.22. The van der Waals surface area contributed by atoms with Gasteiger partial charge in [0.25, 0.3) is 0 Å². The van der Waals surface area contributed by atoms with E-state index in [0.717, 1.165) is 23.3 Å². The van der Waals surface area contributed by atoms with Crippen LogP contribution in [0.15, 0.2) is 35.4 Å². The molecule has 0 saturated heterocycles. The van der Waals surface area contributed by atoms with Gasteiger partial charge in [0.2, 0.25) is 0 Å². The minimum Gasteiger partial charge on any atom is -0.507 e. The number of hydrogen-bond donors (Lipinski definition) is 5. The third-order valence-electron chi connectivity index (χ3n) is 5.40. The van der Waals surface area contributed by atoms with Crippen LogP contribution in [0.4, 0.5) is 0 Å². The Morgan fingerprint density at radius 2 is 1.44 bits per heavy atom. The molecule has 7 nitrogen and oxygen atoms in total. The molecule has 0 radical (unpaired) electrons. The van der Waals surface area contributed by atoms with Gasteiger partial charge >= 0.3 is 0 Å². The number of phenols is 5. The lowest BCUT2D eigenvalue weighted by atomic mass is 9.88. The number of carbonyl (C=O) groups is 1. The van der Waals surface area contributed by atoms with E-state index in [1.807, 2.05) is 39.8 Å². The van der Waals surface area contributed by atoms with Crippen molar-refractivity contribution in [2.24, 2.45) is 0 Å². The summed E-state index contributed by atoms with van der Waals surface area (Å²) < 4.78 is 6.03. The summed E-state index contributed by atoms with van der Waals surface area (Å²) in [7, 11) is 0. The third kappa shape index (κ3) is 4.37. The summed E-state index contributed by atoms with van der Waals surface area (Å²) in [6.07, 6.45) is 3.06. The van der Waals surface area contributed by atoms with Crippen molar-refractivity contribution < 1.29 is 35.1 Å². The molecule has 1 heterocycles. The van der Waals surface area contributed by atoms with Crippen LogP contribution in [-0.2, 0) is 12.8 Å². The summed E-state index contributed by atoms with van der Waals surface area (Å²) in [4.78, 5) is 13.1. The van der Waals surface area contributed by atoms with Crippen molar-refractivity contribution in [3.05, 3.63) is 57.7 Å². The van der Waals surface area contributed by atoms with Crippen molar-refractivity contribution in [1.29, 1.82) is 0 Å². The van der Waals surface area contributed by atoms with Crippen LogP contribution >= 0.6 is 0 Å². The van der Waals surface area contributed by atoms with E-state index in [4.69, 9.17) is 4.74 Å². The molecule has 0 aliphatic carbocycles. The number of benzene rings is 2. The van der Waals surface area contributed by atoms with Gasteiger partial charge in [-0.05, 0) is 46.6 Å². The first kappa shape index (κ1) is 23.1. The Balaban J connectivity index is 2.19. The number of Topliss-reactive ketones (excluding diaryl/α,β-unsaturated/α-hetero) is 1. The molecule has 0 fully saturated rings. The van der Waals surface area contributed by atoms with E-state index in [0.29, 0.717) is 5.56 Å². The van der Waals surface area contributed by atoms with E-state index in [1.54, 1.807) is 0 Å². The zero-order valence-electron chi connectivity index (χ0n) is 18.6. The molecule has 1 unspecified atom stereocenters. The van der Waals surface area contributed by atoms with Crippen molar-refractivity contribution in [2.45, 2.75) is 53.1 Å². The Labute approximate surface area is 186 Å². The van der Waals surface area contributed by atoms with E-state index < -0.39 is 23.4 Å². The lowest BCUT2D eigenvalue weighted by molar-refractivity contribution is 0.0838. The first-order valence-corrected chi connectivity index (χ1v) is 10.3. The topological polar surface area (TPSA) is 127 Å². The molecule has 2 aromatic rings. The zero-order chi connectivity index (χ0) is 23.7. The summed E-state index contributed by atoms with van der Waals surface area (Å²) in [5.41, 5.74) is 2.71. The second-order valence-electron chi connectivity index (χ2n) is 8.46. The number of ketones is 1. The summed E-state index contributed by atoms with van der Waals surface area (Å²) in [5.74, 6) is -2.16. The van der Waals surface area contributed by atoms with Gasteiger partial charge in [-0.25, -0.2) is 0 Å². The molecule has 170 valence electrons. The van der Waals surface area contributed by atoms with E-state index in [-0.39, 0.29) is 59.0 Å². The van der Waals surface area contributed by atoms with Crippen LogP contribution in [0.3, 0.4) is 0 Å². The number of hydrogen-bond acceptors (Lipinski definition) is 7. The van der Waals surface area contributed by atoms with Crippen molar-refractivity contribution in [1.82, 2.24) is 0 Å². The van der Waals surface area contributed by atoms with E-state index >= 15 is 0 Å². The summed E-state index contributed by atoms with van der Waals surface area (Å²) in [5, 5.41) is 51.6. The average Bonchev–Trinajstić information content (AvgIpc) is 2.69. The molecule has 5 N–H and O–H groups in total. The molecule has 0 aromatic heterocycles. The highest BCUT2D eigenvalue weighted by atomic mass is 16.5. The van der Waals surface area contributed by atoms with Gasteiger partial charge in [0.1, 0.15) is 34.7 Å². The van der Waals surface area contributed by atoms with Crippen LogP contribution in [0.1, 0.15) is 67.3 Å². The Hall–Kier alpha value is -3.61. The van der Waals surface area contributed by atoms with Crippen LogP contribution in [0.5, 0.6) is 34.5 Å². The molecule has 1 aliphatic heterocycles. The van der Waals surface area contributed by atoms with Crippen LogP contribution in [0.2, 0.25) is 0 Å². The molecular weight excluding hydrogens is 412 g/mol. The predicted molar refractivity (Wildman–Crippen MR) is 120 cm³/mol. The number of rotatable bonds is 5. The number of ether oxygens (including phenoxy) is 1. The van der Waals surface area contributed by atoms with Gasteiger partial charge in [-0.2, -0.15) is 0 Å². The molecule has 1 aliphatic rings. The van der Waals surface area contributed by atoms with E-state index in [9.17, 15) is 30.3 Å². The maximum atomic E-state index is 13.1. The fraction of sp³-hybridized carbons (Fsp3) is 0.320. The fourth-order valence-electron chi connectivity index (χ4n) is 3.66. The van der Waals surface area contributed by atoms with Gasteiger partial charge < -0.3 is 30.3 Å². The second kappa shape index (κ2) is 8.86. The van der Waals surface area contributed by atoms with Gasteiger partial charge in [-0.3, -0.25) is 4.79 Å². The van der Waals surface area contributed by atoms with Gasteiger partial charge in [-0.15, -0.1) is 0 Å². The molecule has 3 rings (SSSR count). The molecule has 0 amide bonds. The van der Waals surface area contributed by atoms with Gasteiger partial charge in [-0.1, -0.05) is 23.3 Å². The quantitative estimate of drug-likeness (QED) is 0.253. The van der Waals surface area contributed by atoms with Crippen molar-refractivity contribution >= 4 is 5.78 Å². The smallest absolute Gasteiger partial charge is 0.174 e. The first-order valence-electron chi connectivity index (χ1n) is 10.3. The molecule has 1 atom stereocenters. The van der Waals surface area contributed by atoms with Gasteiger partial charge in [0.05, 0.1) is 6.42 Å². The second-order valence-corrected chi connectivity index (χ2v) is 8.46. The minimum absolute atomic E-state index is 0.00384. The van der Waals surface area contributed by atoms with Crippen LogP contribution in [0, 0.1) is 0 Å². The molecule has 0 bridgehead atoms. The van der Waals surface area contributed by atoms with Gasteiger partial charge in [0, 0.05) is 22.8 Å². The summed E-state index contributed by atoms with van der Waals surface area (Å²) in [6, 6.07) is 2.10. The van der Waals surface area contributed by atoms with Crippen LogP contribution < -0.4 is 4.74 Å². The number of phenolic OH excluding ortho intramolecular Hbond substituents is 5. The highest BCUT2D eigenvalue weighted by Crippen LogP contribution is 2.50. The van der Waals surface area contributed by atoms with Crippen LogP contribution in [-0.4, -0.2) is 31.3 Å². The van der Waals surface area contributed by atoms with Gasteiger partial charge in [0.15, 0.2) is 17.3 Å². The molecule has 7 heteroatoms. The maximum absolute atomic E-state index is 13.1. The average molecular weight is 440 g/mol. The summed E-state index contributed by atoms with van der Waals surface area (Å²) >= 11 is 0. The van der Waals surface area contributed by atoms with Crippen LogP contribution in [0.25, 0.3) is 0 Å². The minimum atomic E-state index is -0.977. The Morgan fingerprint density at radius 3 is 2.03 bits per heavy atom. The monoisotopic (exact) mass is 440 g/mol. The Bertz CT molecular complexity index is 1130. The highest BCUT2D eigenvalue weighted by Gasteiger charge is 2.36. The lowest BCUT2D eigenvalue weighted by Gasteiger charge is -2.30. The standard InChI is InChI=1S/C25H28O7/c1-12(2)5-7-14-23(30)15(8-6-13(3)4)25-22(24(14)31)20(29)11-21(32-25)16-9-18(27)19(28)10-17(16)26/h5-6,9-10,21,26-28,30-31H,7-8,11H2,1-4H3. The Morgan fingerprint density at radius 1 is 0.875 bits per heavy atom. The number of carbonyl (C=O) groups excluding carboxylic acids is 1. The number of allylic oxidation sites excluding steroid dienone is 4. The molecule has 0 spiro atoms. The number of fused-ring (bicyclic) bond motifs is 1. The van der Waals surface area contributed by atoms with Crippen molar-refractivity contribution in [3.8, 4) is 34.5 Å². The number of aromatic hydroxyl groups is 5. The maximum Gasteiger partial charge on any atom is 0.174 e.